The van der Waals surface area contributed by atoms with E-state index in [-0.39, 0.29) is 29.7 Å². The zero-order chi connectivity index (χ0) is 64.3. The number of fused-ring (bicyclic) bond motifs is 4. The highest BCUT2D eigenvalue weighted by Crippen LogP contribution is 2.35. The highest BCUT2D eigenvalue weighted by molar-refractivity contribution is 7.19. The number of pyridine rings is 4. The molecule has 0 saturated carbocycles. The molecule has 1 atom stereocenters. The lowest BCUT2D eigenvalue weighted by molar-refractivity contribution is -0.659. The molecule has 0 aliphatic carbocycles. The average molecular weight is 1260 g/mol. The normalized spacial score (nSPS) is 12.4. The van der Waals surface area contributed by atoms with Gasteiger partial charge in [-0.2, -0.15) is 18.3 Å². The van der Waals surface area contributed by atoms with Crippen LogP contribution < -0.4 is 18.3 Å². The third-order valence-electron chi connectivity index (χ3n) is 16.0. The first-order chi connectivity index (χ1) is 41.2. The number of aryl methyl sites for hydroxylation is 14. The zero-order valence-corrected chi connectivity index (χ0v) is 56.3. The summed E-state index contributed by atoms with van der Waals surface area (Å²) < 4.78 is 44.5. The lowest BCUT2D eigenvalue weighted by Gasteiger charge is -2.09. The summed E-state index contributed by atoms with van der Waals surface area (Å²) in [6.45, 7) is 33.5. The molecule has 8 nitrogen and oxygen atoms in total. The van der Waals surface area contributed by atoms with Crippen molar-refractivity contribution in [3.63, 3.8) is 0 Å². The smallest absolute Gasteiger partial charge is 0.214 e. The van der Waals surface area contributed by atoms with Crippen LogP contribution in [0.25, 0.3) is 85.9 Å². The van der Waals surface area contributed by atoms with E-state index in [2.05, 4.69) is 246 Å². The van der Waals surface area contributed by atoms with Crippen molar-refractivity contribution >= 4 is 86.2 Å². The van der Waals surface area contributed by atoms with Crippen LogP contribution in [0.1, 0.15) is 161 Å². The first-order valence-electron chi connectivity index (χ1n) is 30.7. The topological polar surface area (TPSA) is 67.1 Å². The third kappa shape index (κ3) is 15.4. The molecule has 8 aromatic heterocycles. The molecular weight excluding hydrogens is 1150 g/mol. The van der Waals surface area contributed by atoms with E-state index in [1.807, 2.05) is 35.2 Å². The number of hydrogen-bond acceptors (Lipinski definition) is 8. The van der Waals surface area contributed by atoms with Crippen LogP contribution in [0.5, 0.6) is 0 Å². The fraction of sp³-hybridized carbons (Fsp3) is 0.368. The van der Waals surface area contributed by atoms with E-state index in [9.17, 15) is 0 Å². The molecule has 0 N–H and O–H groups in total. The summed E-state index contributed by atoms with van der Waals surface area (Å²) in [6, 6.07) is 26.8. The summed E-state index contributed by atoms with van der Waals surface area (Å²) in [5, 5.41) is 3.77. The van der Waals surface area contributed by atoms with E-state index in [1.165, 1.54) is 138 Å². The van der Waals surface area contributed by atoms with Gasteiger partial charge in [-0.05, 0) is 166 Å². The van der Waals surface area contributed by atoms with Gasteiger partial charge in [0.05, 0.1) is 38.8 Å². The lowest BCUT2D eigenvalue weighted by Crippen LogP contribution is -2.30. The van der Waals surface area contributed by atoms with Crippen LogP contribution in [-0.4, -0.2) is 19.9 Å². The van der Waals surface area contributed by atoms with Gasteiger partial charge in [-0.25, -0.2) is 19.9 Å². The van der Waals surface area contributed by atoms with Gasteiger partial charge in [0.15, 0.2) is 24.8 Å². The minimum Gasteiger partial charge on any atom is -0.235 e. The molecular formula is C76H100N8S4+4. The van der Waals surface area contributed by atoms with Crippen molar-refractivity contribution in [1.82, 2.24) is 19.9 Å². The molecule has 0 fully saturated rings. The van der Waals surface area contributed by atoms with E-state index < -0.39 is 12.7 Å². The van der Waals surface area contributed by atoms with Crippen LogP contribution in [0.3, 0.4) is 0 Å². The monoisotopic (exact) mass is 1260 g/mol. The summed E-state index contributed by atoms with van der Waals surface area (Å²) in [6.07, 6.45) is 8.33. The Labute approximate surface area is 550 Å². The Morgan fingerprint density at radius 2 is 0.602 bits per heavy atom. The SMILES string of the molecule is C.C.C.C.Cc1cc(C)c(C)c(-c2cc3sc(C(C)C)nc3c[n+]2C)c1.Cc1cc(C)c(C)c(-c2cc3sc(C)nc3c[n+]2C)c1.Cc1cc(C)c(C)c(-c2cc3sc(C)nc3c[n+]2C)c1.[2H]C([2H])([2H])C([2H])(C)c1nc2c[n+](C)c(-c3cc(C)cc(C)c3C)cc2s1. The number of nitrogens with zero attached hydrogens (tertiary/aromatic N) is 8. The molecule has 4 aromatic carbocycles. The summed E-state index contributed by atoms with van der Waals surface area (Å²) in [5.74, 6) is -1.24. The van der Waals surface area contributed by atoms with Crippen LogP contribution in [0.15, 0.2) is 97.6 Å². The molecule has 12 aromatic rings. The van der Waals surface area contributed by atoms with Crippen molar-refractivity contribution in [2.24, 2.45) is 28.2 Å². The van der Waals surface area contributed by atoms with Crippen molar-refractivity contribution in [1.29, 1.82) is 0 Å². The van der Waals surface area contributed by atoms with Gasteiger partial charge in [-0.3, -0.25) is 0 Å². The number of aromatic nitrogens is 8. The standard InChI is InChI=1S/2C19H23N2S.2C17H19N2S.4CH4/c2*1-11(2)19-20-16-10-21(6)17(9-18(16)22-19)15-8-12(3)7-13(4)14(15)5;2*1-10-6-11(2)12(3)14(7-10)16-8-17-15(9-19(16)5)18-13(4)20-17;;;;/h2*7-11H,1-6H3;2*6-9H,1-5H3;4*1H4/q4*+1;;;;/i1D3,11D;;;;;;;. The molecule has 12 rings (SSSR count). The van der Waals surface area contributed by atoms with Crippen molar-refractivity contribution in [2.75, 3.05) is 0 Å². The molecule has 0 radical (unpaired) electrons. The molecule has 0 saturated heterocycles. The maximum Gasteiger partial charge on any atom is 0.214 e. The van der Waals surface area contributed by atoms with Crippen molar-refractivity contribution in [3.05, 3.63) is 184 Å². The molecule has 88 heavy (non-hydrogen) atoms. The molecule has 464 valence electrons. The second kappa shape index (κ2) is 29.1. The molecule has 12 heteroatoms. The first kappa shape index (κ1) is 65.5. The molecule has 0 amide bonds. The van der Waals surface area contributed by atoms with Gasteiger partial charge in [0.1, 0.15) is 50.3 Å². The second-order valence-corrected chi connectivity index (χ2v) is 28.0. The van der Waals surface area contributed by atoms with Crippen molar-refractivity contribution in [3.8, 4) is 45.0 Å². The van der Waals surface area contributed by atoms with Crippen LogP contribution in [-0.2, 0) is 28.2 Å². The van der Waals surface area contributed by atoms with Gasteiger partial charge in [-0.1, -0.05) is 104 Å². The summed E-state index contributed by atoms with van der Waals surface area (Å²) >= 11 is 6.62. The van der Waals surface area contributed by atoms with Crippen LogP contribution in [0.4, 0.5) is 0 Å². The number of rotatable bonds is 6. The molecule has 0 aliphatic rings. The van der Waals surface area contributed by atoms with Gasteiger partial charge in [0.2, 0.25) is 22.8 Å². The second-order valence-electron chi connectivity index (χ2n) is 23.4. The van der Waals surface area contributed by atoms with Gasteiger partial charge < -0.3 is 0 Å². The average Bonchev–Trinajstić information content (AvgIpc) is 1.43. The maximum atomic E-state index is 8.29. The van der Waals surface area contributed by atoms with Gasteiger partial charge in [0, 0.05) is 63.8 Å². The minimum atomic E-state index is -2.42. The maximum absolute atomic E-state index is 8.29. The van der Waals surface area contributed by atoms with E-state index in [4.69, 9.17) is 10.5 Å². The Hall–Kier alpha value is -6.96. The minimum absolute atomic E-state index is 0. The van der Waals surface area contributed by atoms with E-state index in [0.29, 0.717) is 10.9 Å². The number of benzene rings is 4. The molecule has 0 aliphatic heterocycles. The van der Waals surface area contributed by atoms with Gasteiger partial charge >= 0.3 is 0 Å². The van der Waals surface area contributed by atoms with Gasteiger partial charge in [-0.15, -0.1) is 45.3 Å². The first-order valence-corrected chi connectivity index (χ1v) is 31.9. The third-order valence-corrected chi connectivity index (χ3v) is 20.3. The van der Waals surface area contributed by atoms with Gasteiger partial charge in [0.25, 0.3) is 0 Å². The Morgan fingerprint density at radius 3 is 0.875 bits per heavy atom. The Balaban J connectivity index is 0.000000221. The Morgan fingerprint density at radius 1 is 0.352 bits per heavy atom. The fourth-order valence-corrected chi connectivity index (χ4v) is 14.6. The summed E-state index contributed by atoms with van der Waals surface area (Å²) in [5.41, 5.74) is 29.6. The Bertz CT molecular complexity index is 4540. The van der Waals surface area contributed by atoms with Crippen LogP contribution in [0.2, 0.25) is 0 Å². The zero-order valence-electron chi connectivity index (χ0n) is 57.0. The van der Waals surface area contributed by atoms with Crippen LogP contribution >= 0.6 is 45.3 Å². The molecule has 1 unspecified atom stereocenters. The lowest BCUT2D eigenvalue weighted by atomic mass is 9.97. The molecule has 0 bridgehead atoms. The predicted octanol–water partition coefficient (Wildman–Crippen LogP) is 20.3. The Kier molecular flexibility index (Phi) is 21.7. The highest BCUT2D eigenvalue weighted by atomic mass is 32.1. The summed E-state index contributed by atoms with van der Waals surface area (Å²) in [7, 11) is 8.27. The molecule has 0 spiro atoms. The summed E-state index contributed by atoms with van der Waals surface area (Å²) in [4.78, 5) is 18.3. The highest BCUT2D eigenvalue weighted by Gasteiger charge is 2.23. The van der Waals surface area contributed by atoms with Crippen LogP contribution in [0, 0.1) is 96.9 Å². The largest absolute Gasteiger partial charge is 0.235 e. The van der Waals surface area contributed by atoms with Crippen molar-refractivity contribution < 1.29 is 23.8 Å². The predicted molar refractivity (Wildman–Crippen MR) is 386 cm³/mol. The number of thiazole rings is 4. The van der Waals surface area contributed by atoms with E-state index in [0.717, 1.165) is 48.0 Å². The van der Waals surface area contributed by atoms with E-state index >= 15 is 0 Å². The molecule has 8 heterocycles. The number of hydrogen-bond donors (Lipinski definition) is 0. The van der Waals surface area contributed by atoms with E-state index in [1.54, 1.807) is 22.7 Å². The fourth-order valence-electron chi connectivity index (χ4n) is 11.0. The van der Waals surface area contributed by atoms with Crippen molar-refractivity contribution in [2.45, 2.75) is 166 Å². The quantitative estimate of drug-likeness (QED) is 0.156.